The maximum Gasteiger partial charge on any atom is 0.243 e. The third-order valence-corrected chi connectivity index (χ3v) is 16.4. The molecule has 5 rings (SSSR count). The minimum atomic E-state index is -2.11. The summed E-state index contributed by atoms with van der Waals surface area (Å²) < 4.78 is 28.5. The molecule has 1 N–H and O–H groups in total. The van der Waals surface area contributed by atoms with E-state index in [1.807, 2.05) is 12.1 Å². The van der Waals surface area contributed by atoms with Gasteiger partial charge in [0.25, 0.3) is 0 Å². The van der Waals surface area contributed by atoms with Crippen LogP contribution in [0.25, 0.3) is 0 Å². The summed E-state index contributed by atoms with van der Waals surface area (Å²) in [4.78, 5) is 0. The van der Waals surface area contributed by atoms with Gasteiger partial charge in [0.2, 0.25) is 5.79 Å². The van der Waals surface area contributed by atoms with Gasteiger partial charge in [0.15, 0.2) is 8.32 Å². The number of benzene rings is 3. The minimum Gasteiger partial charge on any atom is -0.489 e. The van der Waals surface area contributed by atoms with Gasteiger partial charge in [0, 0.05) is 16.7 Å². The van der Waals surface area contributed by atoms with E-state index < -0.39 is 20.2 Å². The monoisotopic (exact) mass is 714 g/mol. The predicted octanol–water partition coefficient (Wildman–Crippen LogP) is 12.9. The molecule has 280 valence electrons. The predicted molar refractivity (Wildman–Crippen MR) is 212 cm³/mol. The van der Waals surface area contributed by atoms with Gasteiger partial charge in [0.1, 0.15) is 18.1 Å². The fraction of sp³-hybridized carbons (Fsp3) is 0.600. The summed E-state index contributed by atoms with van der Waals surface area (Å²) in [7, 11) is -2.11. The van der Waals surface area contributed by atoms with Gasteiger partial charge in [-0.2, -0.15) is 0 Å². The van der Waals surface area contributed by atoms with Crippen molar-refractivity contribution in [3.05, 3.63) is 94.5 Å². The molecule has 0 aromatic heterocycles. The zero-order chi connectivity index (χ0) is 36.1. The van der Waals surface area contributed by atoms with Gasteiger partial charge in [-0.3, -0.25) is 0 Å². The Balaban J connectivity index is 1.56. The zero-order valence-corrected chi connectivity index (χ0v) is 33.4. The van der Waals surface area contributed by atoms with Crippen molar-refractivity contribution in [2.45, 2.75) is 167 Å². The van der Waals surface area contributed by atoms with Crippen LogP contribution in [0.15, 0.2) is 66.7 Å². The van der Waals surface area contributed by atoms with Crippen LogP contribution in [0.4, 0.5) is 0 Å². The van der Waals surface area contributed by atoms with E-state index in [0.29, 0.717) is 13.2 Å². The number of fused-ring (bicyclic) bond motifs is 3. The second-order valence-corrected chi connectivity index (χ2v) is 19.8. The van der Waals surface area contributed by atoms with Crippen molar-refractivity contribution in [3.8, 4) is 11.5 Å². The van der Waals surface area contributed by atoms with Crippen LogP contribution in [0, 0.1) is 5.92 Å². The molecule has 0 saturated heterocycles. The van der Waals surface area contributed by atoms with Crippen LogP contribution in [0.3, 0.4) is 0 Å². The number of aliphatic hydroxyl groups is 1. The Bertz CT molecular complexity index is 1460. The van der Waals surface area contributed by atoms with E-state index in [1.54, 1.807) is 0 Å². The van der Waals surface area contributed by atoms with Crippen LogP contribution in [-0.4, -0.2) is 13.4 Å². The number of aliphatic hydroxyl groups excluding tert-OH is 1. The van der Waals surface area contributed by atoms with Crippen LogP contribution >= 0.6 is 0 Å². The molecule has 1 spiro atoms. The lowest BCUT2D eigenvalue weighted by atomic mass is 9.76. The smallest absolute Gasteiger partial charge is 0.243 e. The number of ether oxygens (including phenoxy) is 3. The van der Waals surface area contributed by atoms with E-state index in [1.165, 1.54) is 51.4 Å². The van der Waals surface area contributed by atoms with Gasteiger partial charge in [0.05, 0.1) is 24.7 Å². The fourth-order valence-electron chi connectivity index (χ4n) is 8.44. The Labute approximate surface area is 310 Å². The quantitative estimate of drug-likeness (QED) is 0.0829. The van der Waals surface area contributed by atoms with Crippen LogP contribution in [-0.2, 0) is 28.2 Å². The molecule has 0 fully saturated rings. The standard InChI is InChI=1S/C45H66O5Si/c1-6-11-13-15-17-22-30-40(46)36-27-23-32-42-43(36)44(50-51(8-3,9-4)10-5)39(28-21-16-14-12-7-2)45(49-42)38-29-24-31-41(37(38)34-48-45)47-33-35-25-19-18-20-26-35/h18-20,23-27,29,31-32,39-40,44,46H,6-17,21-22,28,30,33-34H2,1-5H3/t39-,40+,44+,45+/m1/s1. The molecule has 0 bridgehead atoms. The first kappa shape index (κ1) is 39.6. The summed E-state index contributed by atoms with van der Waals surface area (Å²) in [6, 6.07) is 26.1. The molecule has 0 unspecified atom stereocenters. The molecule has 4 atom stereocenters. The van der Waals surface area contributed by atoms with Crippen molar-refractivity contribution in [1.82, 2.24) is 0 Å². The van der Waals surface area contributed by atoms with Crippen LogP contribution in [0.5, 0.6) is 11.5 Å². The van der Waals surface area contributed by atoms with Crippen molar-refractivity contribution >= 4 is 8.32 Å². The molecule has 0 radical (unpaired) electrons. The highest BCUT2D eigenvalue weighted by Crippen LogP contribution is 2.59. The Hall–Kier alpha value is -2.64. The van der Waals surface area contributed by atoms with Gasteiger partial charge in [-0.1, -0.05) is 160 Å². The molecule has 51 heavy (non-hydrogen) atoms. The number of unbranched alkanes of at least 4 members (excludes halogenated alkanes) is 9. The van der Waals surface area contributed by atoms with Gasteiger partial charge in [-0.25, -0.2) is 0 Å². The first-order valence-electron chi connectivity index (χ1n) is 20.6. The summed E-state index contributed by atoms with van der Waals surface area (Å²) in [6.45, 7) is 12.4. The Morgan fingerprint density at radius 1 is 0.765 bits per heavy atom. The second kappa shape index (κ2) is 19.4. The van der Waals surface area contributed by atoms with Crippen LogP contribution in [0.1, 0.15) is 158 Å². The molecule has 2 aliphatic heterocycles. The average Bonchev–Trinajstić information content (AvgIpc) is 3.53. The van der Waals surface area contributed by atoms with E-state index in [4.69, 9.17) is 18.6 Å². The maximum atomic E-state index is 11.9. The second-order valence-electron chi connectivity index (χ2n) is 15.0. The Kier molecular flexibility index (Phi) is 15.1. The lowest BCUT2D eigenvalue weighted by Gasteiger charge is -2.49. The zero-order valence-electron chi connectivity index (χ0n) is 32.4. The third kappa shape index (κ3) is 9.30. The summed E-state index contributed by atoms with van der Waals surface area (Å²) in [5.74, 6) is 0.569. The van der Waals surface area contributed by atoms with E-state index in [-0.39, 0.29) is 12.0 Å². The van der Waals surface area contributed by atoms with Gasteiger partial charge in [-0.15, -0.1) is 0 Å². The first-order chi connectivity index (χ1) is 25.0. The highest BCUT2D eigenvalue weighted by molar-refractivity contribution is 6.73. The highest BCUT2D eigenvalue weighted by Gasteiger charge is 2.58. The van der Waals surface area contributed by atoms with Crippen molar-refractivity contribution in [2.75, 3.05) is 0 Å². The lowest BCUT2D eigenvalue weighted by Crippen LogP contribution is -2.50. The molecular weight excluding hydrogens is 649 g/mol. The largest absolute Gasteiger partial charge is 0.489 e. The summed E-state index contributed by atoms with van der Waals surface area (Å²) in [5.41, 5.74) is 5.29. The summed E-state index contributed by atoms with van der Waals surface area (Å²) in [5, 5.41) is 11.9. The van der Waals surface area contributed by atoms with Gasteiger partial charge in [-0.05, 0) is 54.2 Å². The van der Waals surface area contributed by atoms with Crippen LogP contribution in [0.2, 0.25) is 18.1 Å². The molecule has 0 amide bonds. The van der Waals surface area contributed by atoms with E-state index >= 15 is 0 Å². The van der Waals surface area contributed by atoms with E-state index in [9.17, 15) is 5.11 Å². The van der Waals surface area contributed by atoms with Crippen LogP contribution < -0.4 is 9.47 Å². The lowest BCUT2D eigenvalue weighted by molar-refractivity contribution is -0.249. The van der Waals surface area contributed by atoms with Crippen molar-refractivity contribution in [2.24, 2.45) is 5.92 Å². The number of rotatable bonds is 22. The first-order valence-corrected chi connectivity index (χ1v) is 23.1. The highest BCUT2D eigenvalue weighted by atomic mass is 28.4. The summed E-state index contributed by atoms with van der Waals surface area (Å²) in [6.07, 6.45) is 14.0. The molecule has 2 heterocycles. The third-order valence-electron chi connectivity index (χ3n) is 11.8. The maximum absolute atomic E-state index is 11.9. The van der Waals surface area contributed by atoms with Crippen molar-refractivity contribution in [1.29, 1.82) is 0 Å². The van der Waals surface area contributed by atoms with Crippen molar-refractivity contribution < 1.29 is 23.7 Å². The molecule has 3 aromatic carbocycles. The van der Waals surface area contributed by atoms with Gasteiger partial charge < -0.3 is 23.7 Å². The van der Waals surface area contributed by atoms with E-state index in [0.717, 1.165) is 89.6 Å². The number of hydrogen-bond acceptors (Lipinski definition) is 5. The molecule has 0 saturated carbocycles. The summed E-state index contributed by atoms with van der Waals surface area (Å²) >= 11 is 0. The van der Waals surface area contributed by atoms with Crippen molar-refractivity contribution in [3.63, 3.8) is 0 Å². The number of hydrogen-bond donors (Lipinski definition) is 1. The normalized spacial score (nSPS) is 20.2. The Morgan fingerprint density at radius 2 is 1.43 bits per heavy atom. The molecule has 6 heteroatoms. The molecule has 0 aliphatic carbocycles. The van der Waals surface area contributed by atoms with Gasteiger partial charge >= 0.3 is 0 Å². The average molecular weight is 715 g/mol. The minimum absolute atomic E-state index is 0.0730. The molecular formula is C45H66O5Si. The molecule has 3 aromatic rings. The topological polar surface area (TPSA) is 57.2 Å². The fourth-order valence-corrected chi connectivity index (χ4v) is 11.3. The Morgan fingerprint density at radius 3 is 2.14 bits per heavy atom. The van der Waals surface area contributed by atoms with E-state index in [2.05, 4.69) is 89.2 Å². The SMILES string of the molecule is CCCCCCCC[C@H](O)c1cccc2c1[C@@H](O[Si](CC)(CC)CC)[C@@H](CCCCCCC)[C@@]1(OCc3c(OCc4ccccc4)cccc31)O2. The molecule has 5 nitrogen and oxygen atoms in total. The molecule has 2 aliphatic rings.